The summed E-state index contributed by atoms with van der Waals surface area (Å²) in [5, 5.41) is 3.50. The van der Waals surface area contributed by atoms with E-state index in [1.165, 1.54) is 5.39 Å². The molecular formula is C14H10O2Te. The van der Waals surface area contributed by atoms with Crippen molar-refractivity contribution in [2.24, 2.45) is 0 Å². The normalized spacial score (nSPS) is 10.9. The average Bonchev–Trinajstić information content (AvgIpc) is 2.38. The summed E-state index contributed by atoms with van der Waals surface area (Å²) in [6.45, 7) is 0. The van der Waals surface area contributed by atoms with Gasteiger partial charge >= 0.3 is 111 Å². The molecule has 0 aliphatic carbocycles. The molecule has 3 aromatic rings. The van der Waals surface area contributed by atoms with Crippen LogP contribution in [0.25, 0.3) is 21.7 Å². The van der Waals surface area contributed by atoms with E-state index in [0.717, 1.165) is 25.5 Å². The van der Waals surface area contributed by atoms with Crippen molar-refractivity contribution in [1.29, 1.82) is 0 Å². The van der Waals surface area contributed by atoms with Crippen LogP contribution in [-0.2, 0) is 0 Å². The molecule has 0 atom stereocenters. The predicted molar refractivity (Wildman–Crippen MR) is 69.3 cm³/mol. The van der Waals surface area contributed by atoms with E-state index < -0.39 is 0 Å². The summed E-state index contributed by atoms with van der Waals surface area (Å²) < 4.78 is 12.0. The number of hydrogen-bond donors (Lipinski definition) is 0. The number of benzene rings is 2. The Hall–Kier alpha value is -1.30. The molecule has 0 unspecified atom stereocenters. The quantitative estimate of drug-likeness (QED) is 0.502. The zero-order valence-corrected chi connectivity index (χ0v) is 11.6. The monoisotopic (exact) mass is 340 g/mol. The minimum absolute atomic E-state index is 0.817. The molecule has 2 aromatic carbocycles. The third kappa shape index (κ3) is 1.76. The van der Waals surface area contributed by atoms with Gasteiger partial charge in [0.05, 0.1) is 0 Å². The van der Waals surface area contributed by atoms with Crippen LogP contribution in [0.1, 0.15) is 0 Å². The second kappa shape index (κ2) is 4.18. The SMILES string of the molecule is COc1ccc2c(c1)oc(=[Te])c1ccccc12. The van der Waals surface area contributed by atoms with Crippen LogP contribution in [0.2, 0.25) is 0 Å². The van der Waals surface area contributed by atoms with Crippen LogP contribution in [0.4, 0.5) is 0 Å². The van der Waals surface area contributed by atoms with Gasteiger partial charge in [-0.1, -0.05) is 0 Å². The Bertz CT molecular complexity index is 759. The first-order chi connectivity index (χ1) is 8.29. The van der Waals surface area contributed by atoms with Crippen molar-refractivity contribution in [3.63, 3.8) is 0 Å². The standard InChI is InChI=1S/C14H10O2Te/c1-15-9-6-7-11-10-4-2-3-5-12(10)14(17)16-13(11)8-9/h2-8H,1H3. The molecule has 0 bridgehead atoms. The molecule has 1 aromatic heterocycles. The number of hydrogen-bond acceptors (Lipinski definition) is 2. The fourth-order valence-electron chi connectivity index (χ4n) is 1.99. The summed E-state index contributed by atoms with van der Waals surface area (Å²) in [4.78, 5) is 0. The van der Waals surface area contributed by atoms with Crippen molar-refractivity contribution in [2.75, 3.05) is 7.11 Å². The maximum absolute atomic E-state index is 5.84. The van der Waals surface area contributed by atoms with Crippen molar-refractivity contribution in [3.8, 4) is 5.75 Å². The van der Waals surface area contributed by atoms with Gasteiger partial charge < -0.3 is 0 Å². The van der Waals surface area contributed by atoms with E-state index >= 15 is 0 Å². The molecule has 0 aliphatic heterocycles. The molecule has 84 valence electrons. The number of fused-ring (bicyclic) bond motifs is 3. The molecule has 0 amide bonds. The van der Waals surface area contributed by atoms with E-state index in [-0.39, 0.29) is 0 Å². The first-order valence-electron chi connectivity index (χ1n) is 5.29. The van der Waals surface area contributed by atoms with Gasteiger partial charge in [-0.05, 0) is 0 Å². The second-order valence-electron chi connectivity index (χ2n) is 3.80. The Kier molecular flexibility index (Phi) is 2.66. The molecule has 2 nitrogen and oxygen atoms in total. The van der Waals surface area contributed by atoms with E-state index in [0.29, 0.717) is 0 Å². The van der Waals surface area contributed by atoms with Gasteiger partial charge in [-0.15, -0.1) is 0 Å². The molecule has 0 N–H and O–H groups in total. The molecule has 3 rings (SSSR count). The second-order valence-corrected chi connectivity index (χ2v) is 4.86. The molecule has 17 heavy (non-hydrogen) atoms. The van der Waals surface area contributed by atoms with Crippen LogP contribution in [0, 0.1) is 3.39 Å². The third-order valence-electron chi connectivity index (χ3n) is 2.83. The molecule has 1 heterocycles. The minimum atomic E-state index is 0.817. The van der Waals surface area contributed by atoms with E-state index in [4.69, 9.17) is 9.15 Å². The third-order valence-corrected chi connectivity index (χ3v) is 3.69. The first kappa shape index (κ1) is 10.8. The Morgan fingerprint density at radius 2 is 1.76 bits per heavy atom. The summed E-state index contributed by atoms with van der Waals surface area (Å²) in [6, 6.07) is 14.2. The van der Waals surface area contributed by atoms with E-state index in [2.05, 4.69) is 12.1 Å². The molecule has 0 spiro atoms. The van der Waals surface area contributed by atoms with Crippen LogP contribution in [-0.4, -0.2) is 28.9 Å². The molecule has 0 aliphatic rings. The fourth-order valence-corrected chi connectivity index (χ4v) is 2.75. The zero-order chi connectivity index (χ0) is 11.8. The Morgan fingerprint density at radius 1 is 1.00 bits per heavy atom. The van der Waals surface area contributed by atoms with Crippen molar-refractivity contribution in [3.05, 3.63) is 45.9 Å². The van der Waals surface area contributed by atoms with Crippen molar-refractivity contribution in [1.82, 2.24) is 0 Å². The van der Waals surface area contributed by atoms with Crippen LogP contribution >= 0.6 is 0 Å². The van der Waals surface area contributed by atoms with Crippen molar-refractivity contribution >= 4 is 43.6 Å². The van der Waals surface area contributed by atoms with E-state index in [9.17, 15) is 0 Å². The van der Waals surface area contributed by atoms with Crippen LogP contribution in [0.3, 0.4) is 0 Å². The Balaban J connectivity index is 2.53. The topological polar surface area (TPSA) is 22.4 Å². The Morgan fingerprint density at radius 3 is 2.53 bits per heavy atom. The first-order valence-corrected chi connectivity index (χ1v) is 6.46. The fraction of sp³-hybridized carbons (Fsp3) is 0.0714. The molecule has 0 saturated heterocycles. The Labute approximate surface area is 111 Å². The van der Waals surface area contributed by atoms with Gasteiger partial charge in [0.1, 0.15) is 0 Å². The molecular weight excluding hydrogens is 328 g/mol. The van der Waals surface area contributed by atoms with Crippen molar-refractivity contribution in [2.45, 2.75) is 0 Å². The number of ether oxygens (including phenoxy) is 1. The van der Waals surface area contributed by atoms with E-state index in [1.54, 1.807) is 7.11 Å². The molecule has 0 saturated carbocycles. The van der Waals surface area contributed by atoms with Crippen LogP contribution in [0.15, 0.2) is 46.9 Å². The van der Waals surface area contributed by atoms with Gasteiger partial charge in [0, 0.05) is 0 Å². The van der Waals surface area contributed by atoms with Crippen LogP contribution in [0.5, 0.6) is 5.75 Å². The molecule has 0 fully saturated rings. The van der Waals surface area contributed by atoms with Crippen molar-refractivity contribution < 1.29 is 9.15 Å². The summed E-state index contributed by atoms with van der Waals surface area (Å²) >= 11 is 1.91. The average molecular weight is 338 g/mol. The zero-order valence-electron chi connectivity index (χ0n) is 9.27. The molecule has 0 radical (unpaired) electrons. The van der Waals surface area contributed by atoms with Gasteiger partial charge in [0.2, 0.25) is 0 Å². The number of methoxy groups -OCH3 is 1. The summed E-state index contributed by atoms with van der Waals surface area (Å²) in [6.07, 6.45) is 0. The van der Waals surface area contributed by atoms with Gasteiger partial charge in [-0.3, -0.25) is 0 Å². The van der Waals surface area contributed by atoms with Gasteiger partial charge in [0.25, 0.3) is 0 Å². The van der Waals surface area contributed by atoms with E-state index in [1.807, 2.05) is 52.2 Å². The predicted octanol–water partition coefficient (Wildman–Crippen LogP) is 3.30. The maximum atomic E-state index is 5.84. The summed E-state index contributed by atoms with van der Waals surface area (Å²) in [5.41, 5.74) is 0.864. The number of rotatable bonds is 1. The van der Waals surface area contributed by atoms with Gasteiger partial charge in [-0.2, -0.15) is 0 Å². The summed E-state index contributed by atoms with van der Waals surface area (Å²) in [5.74, 6) is 0.817. The molecule has 3 heteroatoms. The summed E-state index contributed by atoms with van der Waals surface area (Å²) in [7, 11) is 1.66. The van der Waals surface area contributed by atoms with Gasteiger partial charge in [-0.25, -0.2) is 0 Å². The van der Waals surface area contributed by atoms with Gasteiger partial charge in [0.15, 0.2) is 0 Å². The van der Waals surface area contributed by atoms with Crippen LogP contribution < -0.4 is 4.74 Å².